The van der Waals surface area contributed by atoms with Gasteiger partial charge >= 0.3 is 0 Å². The van der Waals surface area contributed by atoms with Crippen molar-refractivity contribution in [2.75, 3.05) is 5.75 Å². The van der Waals surface area contributed by atoms with Gasteiger partial charge in [-0.3, -0.25) is 19.1 Å². The average Bonchev–Trinajstić information content (AvgIpc) is 2.54. The van der Waals surface area contributed by atoms with Crippen LogP contribution < -0.4 is 0 Å². The van der Waals surface area contributed by atoms with E-state index in [4.69, 9.17) is 0 Å². The molecule has 0 radical (unpaired) electrons. The quantitative estimate of drug-likeness (QED) is 0.473. The van der Waals surface area contributed by atoms with Crippen LogP contribution in [-0.2, 0) is 10.8 Å². The van der Waals surface area contributed by atoms with E-state index >= 15 is 0 Å². The van der Waals surface area contributed by atoms with Crippen LogP contribution in [0.2, 0.25) is 0 Å². The van der Waals surface area contributed by atoms with Crippen LogP contribution in [0, 0.1) is 17.0 Å². The molecule has 1 aromatic rings. The zero-order valence-electron chi connectivity index (χ0n) is 9.10. The second kappa shape index (κ2) is 4.84. The van der Waals surface area contributed by atoms with E-state index in [1.54, 1.807) is 6.92 Å². The fourth-order valence-corrected chi connectivity index (χ4v) is 3.89. The smallest absolute Gasteiger partial charge is 0.294 e. The molecule has 0 amide bonds. The molecule has 0 saturated carbocycles. The van der Waals surface area contributed by atoms with Gasteiger partial charge in [0, 0.05) is 11.3 Å². The van der Waals surface area contributed by atoms with Crippen LogP contribution in [0.3, 0.4) is 0 Å². The molecule has 1 aromatic heterocycles. The molecule has 7 heteroatoms. The zero-order chi connectivity index (χ0) is 12.5. The minimum atomic E-state index is -1.40. The van der Waals surface area contributed by atoms with Crippen molar-refractivity contribution >= 4 is 33.6 Å². The molecule has 0 spiro atoms. The lowest BCUT2D eigenvalue weighted by Gasteiger charge is -1.94. The molecular weight excluding hydrogens is 250 g/mol. The summed E-state index contributed by atoms with van der Waals surface area (Å²) in [5, 5.41) is 10.9. The van der Waals surface area contributed by atoms with E-state index in [0.717, 1.165) is 11.3 Å². The Bertz CT molecular complexity index is 478. The molecule has 16 heavy (non-hydrogen) atoms. The molecule has 5 nitrogen and oxygen atoms in total. The Morgan fingerprint density at radius 3 is 2.50 bits per heavy atom. The Morgan fingerprint density at radius 1 is 1.56 bits per heavy atom. The van der Waals surface area contributed by atoms with Gasteiger partial charge in [0.2, 0.25) is 0 Å². The lowest BCUT2D eigenvalue weighted by molar-refractivity contribution is -0.387. The number of hydrogen-bond acceptors (Lipinski definition) is 5. The molecule has 0 saturated heterocycles. The third kappa shape index (κ3) is 2.19. The van der Waals surface area contributed by atoms with Gasteiger partial charge in [0.15, 0.2) is 9.99 Å². The Balaban J connectivity index is 3.49. The summed E-state index contributed by atoms with van der Waals surface area (Å²) in [6, 6.07) is 0. The number of hydrogen-bond donors (Lipinski definition) is 0. The van der Waals surface area contributed by atoms with Crippen LogP contribution >= 0.6 is 11.3 Å². The Hall–Kier alpha value is -1.08. The van der Waals surface area contributed by atoms with Crippen LogP contribution in [-0.4, -0.2) is 20.7 Å². The molecule has 1 unspecified atom stereocenters. The van der Waals surface area contributed by atoms with Crippen molar-refractivity contribution in [3.8, 4) is 0 Å². The molecular formula is C9H11NO4S2. The fraction of sp³-hybridized carbons (Fsp3) is 0.444. The third-order valence-electron chi connectivity index (χ3n) is 2.06. The highest BCUT2D eigenvalue weighted by atomic mass is 32.2. The lowest BCUT2D eigenvalue weighted by Crippen LogP contribution is -1.97. The lowest BCUT2D eigenvalue weighted by atomic mass is 10.2. The van der Waals surface area contributed by atoms with E-state index in [1.165, 1.54) is 13.8 Å². The van der Waals surface area contributed by atoms with Gasteiger partial charge in [-0.15, -0.1) is 11.3 Å². The highest BCUT2D eigenvalue weighted by molar-refractivity contribution is 7.87. The maximum Gasteiger partial charge on any atom is 0.299 e. The Labute approximate surface area is 99.1 Å². The van der Waals surface area contributed by atoms with Gasteiger partial charge in [-0.05, 0) is 13.8 Å². The number of nitrogens with zero attached hydrogens (tertiary/aromatic N) is 1. The largest absolute Gasteiger partial charge is 0.299 e. The van der Waals surface area contributed by atoms with E-state index in [-0.39, 0.29) is 15.7 Å². The molecule has 0 aromatic carbocycles. The van der Waals surface area contributed by atoms with Crippen LogP contribution in [0.15, 0.2) is 4.21 Å². The standard InChI is InChI=1S/C9H11NO4S2/c1-4-16(14)9-7(10(12)13)5(2)8(15-9)6(3)11/h4H2,1-3H3. The summed E-state index contributed by atoms with van der Waals surface area (Å²) in [4.78, 5) is 21.9. The van der Waals surface area contributed by atoms with Crippen LogP contribution in [0.25, 0.3) is 0 Å². The van der Waals surface area contributed by atoms with Crippen LogP contribution in [0.5, 0.6) is 0 Å². The molecule has 88 valence electrons. The molecule has 0 aliphatic carbocycles. The van der Waals surface area contributed by atoms with Gasteiger partial charge in [-0.1, -0.05) is 6.92 Å². The first kappa shape index (κ1) is 13.0. The van der Waals surface area contributed by atoms with Crippen LogP contribution in [0.4, 0.5) is 5.69 Å². The number of Topliss-reactive ketones (excluding diaryl/α,β-unsaturated/α-hetero) is 1. The normalized spacial score (nSPS) is 12.4. The summed E-state index contributed by atoms with van der Waals surface area (Å²) >= 11 is 0.964. The van der Waals surface area contributed by atoms with E-state index in [0.29, 0.717) is 16.2 Å². The number of rotatable bonds is 4. The monoisotopic (exact) mass is 261 g/mol. The Morgan fingerprint density at radius 2 is 2.12 bits per heavy atom. The first-order valence-corrected chi connectivity index (χ1v) is 6.70. The summed E-state index contributed by atoms with van der Waals surface area (Å²) in [5.74, 6) is 0.0722. The maximum atomic E-state index is 11.6. The highest BCUT2D eigenvalue weighted by Crippen LogP contribution is 2.37. The van der Waals surface area contributed by atoms with Gasteiger partial charge in [-0.2, -0.15) is 0 Å². The first-order chi connectivity index (χ1) is 7.40. The minimum Gasteiger partial charge on any atom is -0.294 e. The average molecular weight is 261 g/mol. The topological polar surface area (TPSA) is 77.3 Å². The van der Waals surface area contributed by atoms with Crippen molar-refractivity contribution in [3.05, 3.63) is 20.6 Å². The number of carbonyl (C=O) groups is 1. The maximum absolute atomic E-state index is 11.6. The third-order valence-corrected chi connectivity index (χ3v) is 5.17. The Kier molecular flexibility index (Phi) is 3.93. The predicted octanol–water partition coefficient (Wildman–Crippen LogP) is 2.29. The fourth-order valence-electron chi connectivity index (χ4n) is 1.31. The number of nitro groups is 1. The van der Waals surface area contributed by atoms with Gasteiger partial charge in [-0.25, -0.2) is 0 Å². The SMILES string of the molecule is CCS(=O)c1sc(C(C)=O)c(C)c1[N+](=O)[O-]. The molecule has 1 heterocycles. The van der Waals surface area contributed by atoms with E-state index in [2.05, 4.69) is 0 Å². The zero-order valence-corrected chi connectivity index (χ0v) is 10.7. The van der Waals surface area contributed by atoms with Gasteiger partial charge in [0.05, 0.1) is 20.6 Å². The summed E-state index contributed by atoms with van der Waals surface area (Å²) in [6.07, 6.45) is 0. The molecule has 0 aliphatic rings. The summed E-state index contributed by atoms with van der Waals surface area (Å²) < 4.78 is 11.8. The van der Waals surface area contributed by atoms with Crippen molar-refractivity contribution in [3.63, 3.8) is 0 Å². The second-order valence-corrected chi connectivity index (χ2v) is 6.10. The van der Waals surface area contributed by atoms with Crippen molar-refractivity contribution in [1.82, 2.24) is 0 Å². The van der Waals surface area contributed by atoms with E-state index < -0.39 is 15.7 Å². The molecule has 1 rings (SSSR count). The molecule has 1 atom stereocenters. The van der Waals surface area contributed by atoms with Gasteiger partial charge in [0.25, 0.3) is 5.69 Å². The van der Waals surface area contributed by atoms with Crippen LogP contribution in [0.1, 0.15) is 29.1 Å². The first-order valence-electron chi connectivity index (χ1n) is 4.57. The van der Waals surface area contributed by atoms with Gasteiger partial charge in [0.1, 0.15) is 0 Å². The van der Waals surface area contributed by atoms with E-state index in [1.807, 2.05) is 0 Å². The minimum absolute atomic E-state index is 0.171. The number of thiophene rings is 1. The van der Waals surface area contributed by atoms with Crippen molar-refractivity contribution in [2.45, 2.75) is 25.0 Å². The van der Waals surface area contributed by atoms with E-state index in [9.17, 15) is 19.1 Å². The van der Waals surface area contributed by atoms with Crippen molar-refractivity contribution < 1.29 is 13.9 Å². The number of ketones is 1. The summed E-state index contributed by atoms with van der Waals surface area (Å²) in [7, 11) is -1.40. The van der Waals surface area contributed by atoms with Gasteiger partial charge < -0.3 is 0 Å². The van der Waals surface area contributed by atoms with Crippen molar-refractivity contribution in [2.24, 2.45) is 0 Å². The molecule has 0 bridgehead atoms. The summed E-state index contributed by atoms with van der Waals surface area (Å²) in [5.41, 5.74) is 0.148. The molecule has 0 N–H and O–H groups in total. The molecule has 0 aliphatic heterocycles. The predicted molar refractivity (Wildman–Crippen MR) is 62.7 cm³/mol. The van der Waals surface area contributed by atoms with Crippen molar-refractivity contribution in [1.29, 1.82) is 0 Å². The second-order valence-electron chi connectivity index (χ2n) is 3.14. The highest BCUT2D eigenvalue weighted by Gasteiger charge is 2.29. The number of carbonyl (C=O) groups excluding carboxylic acids is 1. The summed E-state index contributed by atoms with van der Waals surface area (Å²) in [6.45, 7) is 4.55. The molecule has 0 fully saturated rings.